The van der Waals surface area contributed by atoms with Crippen LogP contribution in [0.25, 0.3) is 44.5 Å². The van der Waals surface area contributed by atoms with E-state index >= 15 is 0 Å². The van der Waals surface area contributed by atoms with Gasteiger partial charge in [-0.05, 0) is 42.3 Å². The zero-order valence-corrected chi connectivity index (χ0v) is 18.5. The molecule has 5 aromatic rings. The number of nitrogens with zero attached hydrogens (tertiary/aromatic N) is 4. The molecule has 0 bridgehead atoms. The number of hydrogen-bond acceptors (Lipinski definition) is 6. The standard InChI is InChI=1S/C25H22N6O2/c1-13(2)25(32)30-17-8-5-15(6-9-17)22-20(21-23(26)27-12-28-24(21)31(22)4)16-7-10-18-19(11-16)33-14(3)29-18/h5-12H,1H2,2-4H3,(H,30,32)(H2,26,27,28). The summed E-state index contributed by atoms with van der Waals surface area (Å²) in [6.07, 6.45) is 1.46. The molecule has 0 atom stereocenters. The van der Waals surface area contributed by atoms with Crippen LogP contribution >= 0.6 is 0 Å². The monoisotopic (exact) mass is 438 g/mol. The van der Waals surface area contributed by atoms with Crippen molar-refractivity contribution in [2.24, 2.45) is 7.05 Å². The molecule has 0 spiro atoms. The number of amides is 1. The number of aromatic nitrogens is 4. The Labute approximate surface area is 189 Å². The molecule has 3 heterocycles. The summed E-state index contributed by atoms with van der Waals surface area (Å²) >= 11 is 0. The number of carbonyl (C=O) groups excluding carboxylic acids is 1. The number of nitrogens with two attached hydrogens (primary N) is 1. The smallest absolute Gasteiger partial charge is 0.250 e. The second-order valence-electron chi connectivity index (χ2n) is 7.97. The molecule has 3 N–H and O–H groups in total. The van der Waals surface area contributed by atoms with E-state index in [1.807, 2.05) is 61.0 Å². The third-order valence-electron chi connectivity index (χ3n) is 5.58. The van der Waals surface area contributed by atoms with Crippen molar-refractivity contribution in [2.75, 3.05) is 11.1 Å². The molecule has 0 radical (unpaired) electrons. The normalized spacial score (nSPS) is 11.2. The summed E-state index contributed by atoms with van der Waals surface area (Å²) in [5.74, 6) is 0.790. The van der Waals surface area contributed by atoms with E-state index in [9.17, 15) is 4.79 Å². The van der Waals surface area contributed by atoms with E-state index in [0.717, 1.165) is 38.9 Å². The predicted molar refractivity (Wildman–Crippen MR) is 130 cm³/mol. The highest BCUT2D eigenvalue weighted by Gasteiger charge is 2.22. The molecular weight excluding hydrogens is 416 g/mol. The van der Waals surface area contributed by atoms with Crippen molar-refractivity contribution in [2.45, 2.75) is 13.8 Å². The highest BCUT2D eigenvalue weighted by atomic mass is 16.3. The Bertz CT molecular complexity index is 1560. The van der Waals surface area contributed by atoms with E-state index in [-0.39, 0.29) is 5.91 Å². The fourth-order valence-corrected chi connectivity index (χ4v) is 4.04. The number of oxazole rings is 1. The van der Waals surface area contributed by atoms with Crippen molar-refractivity contribution in [1.29, 1.82) is 0 Å². The number of aryl methyl sites for hydroxylation is 2. The van der Waals surface area contributed by atoms with Crippen molar-refractivity contribution in [3.8, 4) is 22.4 Å². The number of nitrogen functional groups attached to an aromatic ring is 1. The summed E-state index contributed by atoms with van der Waals surface area (Å²) < 4.78 is 7.77. The van der Waals surface area contributed by atoms with Crippen LogP contribution in [0.1, 0.15) is 12.8 Å². The molecule has 1 amide bonds. The van der Waals surface area contributed by atoms with Gasteiger partial charge in [-0.3, -0.25) is 4.79 Å². The maximum Gasteiger partial charge on any atom is 0.250 e. The number of benzene rings is 2. The Morgan fingerprint density at radius 3 is 2.58 bits per heavy atom. The third kappa shape index (κ3) is 3.41. The zero-order valence-electron chi connectivity index (χ0n) is 18.5. The molecule has 2 aromatic carbocycles. The number of carbonyl (C=O) groups is 1. The second-order valence-corrected chi connectivity index (χ2v) is 7.97. The molecule has 164 valence electrons. The first-order valence-electron chi connectivity index (χ1n) is 10.4. The fraction of sp³-hybridized carbons (Fsp3) is 0.120. The average molecular weight is 438 g/mol. The molecule has 8 nitrogen and oxygen atoms in total. The zero-order chi connectivity index (χ0) is 23.3. The minimum absolute atomic E-state index is 0.216. The quantitative estimate of drug-likeness (QED) is 0.388. The Kier molecular flexibility index (Phi) is 4.70. The molecule has 5 rings (SSSR count). The number of fused-ring (bicyclic) bond motifs is 2. The maximum atomic E-state index is 12.0. The van der Waals surface area contributed by atoms with Gasteiger partial charge in [0.05, 0.1) is 11.1 Å². The van der Waals surface area contributed by atoms with Gasteiger partial charge in [-0.25, -0.2) is 15.0 Å². The number of rotatable bonds is 4. The fourth-order valence-electron chi connectivity index (χ4n) is 4.04. The lowest BCUT2D eigenvalue weighted by atomic mass is 9.98. The van der Waals surface area contributed by atoms with Crippen LogP contribution in [-0.2, 0) is 11.8 Å². The number of anilines is 2. The minimum atomic E-state index is -0.216. The minimum Gasteiger partial charge on any atom is -0.441 e. The molecule has 0 saturated heterocycles. The van der Waals surface area contributed by atoms with Gasteiger partial charge in [0.2, 0.25) is 0 Å². The van der Waals surface area contributed by atoms with Gasteiger partial charge in [0.25, 0.3) is 5.91 Å². The van der Waals surface area contributed by atoms with Crippen molar-refractivity contribution in [3.05, 3.63) is 66.8 Å². The van der Waals surface area contributed by atoms with Crippen LogP contribution in [0, 0.1) is 6.92 Å². The summed E-state index contributed by atoms with van der Waals surface area (Å²) in [5.41, 5.74) is 13.3. The summed E-state index contributed by atoms with van der Waals surface area (Å²) in [4.78, 5) is 25.1. The van der Waals surface area contributed by atoms with Crippen molar-refractivity contribution >= 4 is 39.5 Å². The highest BCUT2D eigenvalue weighted by molar-refractivity contribution is 6.08. The molecule has 0 aliphatic heterocycles. The summed E-state index contributed by atoms with van der Waals surface area (Å²) in [5, 5.41) is 3.60. The van der Waals surface area contributed by atoms with Crippen LogP contribution in [-0.4, -0.2) is 25.4 Å². The Morgan fingerprint density at radius 1 is 1.12 bits per heavy atom. The van der Waals surface area contributed by atoms with Crippen LogP contribution in [0.3, 0.4) is 0 Å². The van der Waals surface area contributed by atoms with E-state index < -0.39 is 0 Å². The topological polar surface area (TPSA) is 112 Å². The van der Waals surface area contributed by atoms with Crippen LogP contribution in [0.2, 0.25) is 0 Å². The second kappa shape index (κ2) is 7.59. The van der Waals surface area contributed by atoms with Gasteiger partial charge >= 0.3 is 0 Å². The van der Waals surface area contributed by atoms with Crippen molar-refractivity contribution in [3.63, 3.8) is 0 Å². The van der Waals surface area contributed by atoms with Crippen LogP contribution < -0.4 is 11.1 Å². The lowest BCUT2D eigenvalue weighted by Crippen LogP contribution is -2.11. The van der Waals surface area contributed by atoms with E-state index in [4.69, 9.17) is 10.2 Å². The number of hydrogen-bond donors (Lipinski definition) is 2. The molecule has 0 aliphatic rings. The predicted octanol–water partition coefficient (Wildman–Crippen LogP) is 4.85. The number of nitrogens with one attached hydrogen (secondary N) is 1. The maximum absolute atomic E-state index is 12.0. The molecule has 0 aliphatic carbocycles. The molecule has 0 fully saturated rings. The molecule has 3 aromatic heterocycles. The first-order valence-corrected chi connectivity index (χ1v) is 10.4. The molecule has 33 heavy (non-hydrogen) atoms. The Morgan fingerprint density at radius 2 is 1.85 bits per heavy atom. The largest absolute Gasteiger partial charge is 0.441 e. The van der Waals surface area contributed by atoms with Crippen LogP contribution in [0.4, 0.5) is 11.5 Å². The lowest BCUT2D eigenvalue weighted by molar-refractivity contribution is -0.112. The first-order chi connectivity index (χ1) is 15.8. The third-order valence-corrected chi connectivity index (χ3v) is 5.58. The van der Waals surface area contributed by atoms with Gasteiger partial charge in [-0.2, -0.15) is 0 Å². The summed E-state index contributed by atoms with van der Waals surface area (Å²) in [7, 11) is 1.95. The molecule has 0 unspecified atom stereocenters. The first kappa shape index (κ1) is 20.4. The molecule has 8 heteroatoms. The average Bonchev–Trinajstić information content (AvgIpc) is 3.31. The van der Waals surface area contributed by atoms with E-state index in [1.165, 1.54) is 6.33 Å². The van der Waals surface area contributed by atoms with Gasteiger partial charge in [-0.15, -0.1) is 0 Å². The van der Waals surface area contributed by atoms with E-state index in [2.05, 4.69) is 26.8 Å². The Hall–Kier alpha value is -4.46. The van der Waals surface area contributed by atoms with Gasteiger partial charge < -0.3 is 20.0 Å². The molecule has 0 saturated carbocycles. The van der Waals surface area contributed by atoms with Gasteiger partial charge in [0.1, 0.15) is 23.3 Å². The lowest BCUT2D eigenvalue weighted by Gasteiger charge is -2.10. The summed E-state index contributed by atoms with van der Waals surface area (Å²) in [6.45, 7) is 7.17. The SMILES string of the molecule is C=C(C)C(=O)Nc1ccc(-c2c(-c3ccc4nc(C)oc4c3)c3c(N)ncnc3n2C)cc1. The van der Waals surface area contributed by atoms with E-state index in [1.54, 1.807) is 6.92 Å². The van der Waals surface area contributed by atoms with Crippen molar-refractivity contribution in [1.82, 2.24) is 19.5 Å². The summed E-state index contributed by atoms with van der Waals surface area (Å²) in [6, 6.07) is 13.5. The van der Waals surface area contributed by atoms with Gasteiger partial charge in [0, 0.05) is 30.8 Å². The Balaban J connectivity index is 1.72. The van der Waals surface area contributed by atoms with Crippen LogP contribution in [0.5, 0.6) is 0 Å². The van der Waals surface area contributed by atoms with Crippen LogP contribution in [0.15, 0.2) is 65.4 Å². The highest BCUT2D eigenvalue weighted by Crippen LogP contribution is 2.42. The van der Waals surface area contributed by atoms with E-state index in [0.29, 0.717) is 28.6 Å². The van der Waals surface area contributed by atoms with Gasteiger partial charge in [0.15, 0.2) is 11.5 Å². The van der Waals surface area contributed by atoms with Crippen molar-refractivity contribution < 1.29 is 9.21 Å². The molecular formula is C25H22N6O2. The van der Waals surface area contributed by atoms with Gasteiger partial charge in [-0.1, -0.05) is 24.8 Å².